The van der Waals surface area contributed by atoms with Crippen LogP contribution in [0.1, 0.15) is 11.1 Å². The van der Waals surface area contributed by atoms with E-state index in [1.165, 1.54) is 35.7 Å². The van der Waals surface area contributed by atoms with Gasteiger partial charge in [0.25, 0.3) is 5.69 Å². The van der Waals surface area contributed by atoms with Crippen LogP contribution in [-0.4, -0.2) is 39.2 Å². The fraction of sp³-hybridized carbons (Fsp3) is 0.167. The number of nitrogens with zero attached hydrogens (tertiary/aromatic N) is 5. The van der Waals surface area contributed by atoms with Crippen LogP contribution in [0.25, 0.3) is 0 Å². The molecule has 2 aromatic carbocycles. The molecule has 0 N–H and O–H groups in total. The Morgan fingerprint density at radius 1 is 1.11 bits per heavy atom. The number of nitro groups is 1. The van der Waals surface area contributed by atoms with E-state index in [1.54, 1.807) is 6.07 Å². The second-order valence-corrected chi connectivity index (χ2v) is 5.53. The van der Waals surface area contributed by atoms with Crippen molar-refractivity contribution in [3.8, 4) is 11.5 Å². The van der Waals surface area contributed by atoms with Gasteiger partial charge in [0, 0.05) is 17.7 Å². The summed E-state index contributed by atoms with van der Waals surface area (Å²) in [6.45, 7) is 2.58. The monoisotopic (exact) mass is 367 g/mol. The van der Waals surface area contributed by atoms with Crippen LogP contribution in [-0.2, 0) is 0 Å². The van der Waals surface area contributed by atoms with Crippen molar-refractivity contribution in [1.29, 1.82) is 0 Å². The van der Waals surface area contributed by atoms with Gasteiger partial charge in [-0.2, -0.15) is 5.10 Å². The van der Waals surface area contributed by atoms with Crippen LogP contribution in [0.4, 0.5) is 5.69 Å². The van der Waals surface area contributed by atoms with E-state index in [0.29, 0.717) is 17.9 Å². The second-order valence-electron chi connectivity index (χ2n) is 5.53. The molecule has 0 atom stereocenters. The first-order valence-electron chi connectivity index (χ1n) is 8.12. The largest absolute Gasteiger partial charge is 0.490 e. The summed E-state index contributed by atoms with van der Waals surface area (Å²) in [4.78, 5) is 10.6. The third-order valence-corrected chi connectivity index (χ3v) is 3.63. The smallest absolute Gasteiger partial charge is 0.270 e. The number of para-hydroxylation sites is 1. The average molecular weight is 367 g/mol. The molecule has 0 spiro atoms. The van der Waals surface area contributed by atoms with E-state index in [9.17, 15) is 10.1 Å². The van der Waals surface area contributed by atoms with Gasteiger partial charge in [0.05, 0.1) is 11.1 Å². The average Bonchev–Trinajstić information content (AvgIpc) is 3.19. The number of rotatable bonds is 8. The molecule has 0 aliphatic carbocycles. The van der Waals surface area contributed by atoms with Crippen LogP contribution >= 0.6 is 0 Å². The highest BCUT2D eigenvalue weighted by molar-refractivity contribution is 5.84. The van der Waals surface area contributed by atoms with E-state index >= 15 is 0 Å². The van der Waals surface area contributed by atoms with Crippen molar-refractivity contribution in [2.24, 2.45) is 5.10 Å². The lowest BCUT2D eigenvalue weighted by Gasteiger charge is -2.11. The molecule has 9 heteroatoms. The van der Waals surface area contributed by atoms with Crippen LogP contribution in [0, 0.1) is 17.0 Å². The van der Waals surface area contributed by atoms with E-state index in [-0.39, 0.29) is 12.3 Å². The van der Waals surface area contributed by atoms with Gasteiger partial charge in [0.15, 0.2) is 0 Å². The summed E-state index contributed by atoms with van der Waals surface area (Å²) < 4.78 is 12.8. The summed E-state index contributed by atoms with van der Waals surface area (Å²) in [5.41, 5.74) is 1.45. The summed E-state index contributed by atoms with van der Waals surface area (Å²) in [5.74, 6) is 1.25. The highest BCUT2D eigenvalue weighted by Gasteiger charge is 2.11. The van der Waals surface area contributed by atoms with Crippen molar-refractivity contribution >= 4 is 11.9 Å². The van der Waals surface area contributed by atoms with Crippen LogP contribution in [0.3, 0.4) is 0 Å². The predicted molar refractivity (Wildman–Crippen MR) is 98.3 cm³/mol. The molecule has 0 amide bonds. The Kier molecular flexibility index (Phi) is 5.73. The Bertz CT molecular complexity index is 941. The first kappa shape index (κ1) is 18.1. The molecular formula is C18H17N5O4. The molecule has 0 aliphatic heterocycles. The maximum Gasteiger partial charge on any atom is 0.270 e. The molecule has 1 aromatic heterocycles. The first-order valence-corrected chi connectivity index (χ1v) is 8.12. The summed E-state index contributed by atoms with van der Waals surface area (Å²) in [6, 6.07) is 12.0. The zero-order valence-electron chi connectivity index (χ0n) is 14.6. The minimum atomic E-state index is -0.471. The molecule has 0 saturated carbocycles. The SMILES string of the molecule is Cc1ccccc1OCCOc1ccc([N+](=O)[O-])cc1C=Nn1cnnc1. The topological polar surface area (TPSA) is 105 Å². The van der Waals surface area contributed by atoms with Gasteiger partial charge >= 0.3 is 0 Å². The summed E-state index contributed by atoms with van der Waals surface area (Å²) in [7, 11) is 0. The van der Waals surface area contributed by atoms with Crippen molar-refractivity contribution in [2.45, 2.75) is 6.92 Å². The van der Waals surface area contributed by atoms with Crippen LogP contribution < -0.4 is 9.47 Å². The molecule has 0 saturated heterocycles. The van der Waals surface area contributed by atoms with Gasteiger partial charge in [-0.1, -0.05) is 18.2 Å². The van der Waals surface area contributed by atoms with E-state index < -0.39 is 4.92 Å². The van der Waals surface area contributed by atoms with Gasteiger partial charge in [-0.3, -0.25) is 10.1 Å². The summed E-state index contributed by atoms with van der Waals surface area (Å²) >= 11 is 0. The maximum absolute atomic E-state index is 11.0. The minimum absolute atomic E-state index is 0.0521. The Morgan fingerprint density at radius 3 is 2.52 bits per heavy atom. The van der Waals surface area contributed by atoms with Gasteiger partial charge in [-0.15, -0.1) is 10.2 Å². The van der Waals surface area contributed by atoms with Crippen molar-refractivity contribution < 1.29 is 14.4 Å². The highest BCUT2D eigenvalue weighted by atomic mass is 16.6. The lowest BCUT2D eigenvalue weighted by Crippen LogP contribution is -2.10. The van der Waals surface area contributed by atoms with E-state index in [2.05, 4.69) is 15.3 Å². The molecular weight excluding hydrogens is 350 g/mol. The van der Waals surface area contributed by atoms with Gasteiger partial charge in [-0.05, 0) is 24.6 Å². The molecule has 0 radical (unpaired) electrons. The summed E-state index contributed by atoms with van der Waals surface area (Å²) in [6.07, 6.45) is 4.27. The molecule has 0 unspecified atom stereocenters. The quantitative estimate of drug-likeness (QED) is 0.262. The number of ether oxygens (including phenoxy) is 2. The fourth-order valence-electron chi connectivity index (χ4n) is 2.29. The Hall–Kier alpha value is -3.75. The molecule has 3 aromatic rings. The lowest BCUT2D eigenvalue weighted by atomic mass is 10.2. The number of benzene rings is 2. The van der Waals surface area contributed by atoms with Gasteiger partial charge < -0.3 is 9.47 Å². The number of nitro benzene ring substituents is 1. The van der Waals surface area contributed by atoms with Gasteiger partial charge in [-0.25, -0.2) is 4.68 Å². The minimum Gasteiger partial charge on any atom is -0.490 e. The molecule has 0 bridgehead atoms. The van der Waals surface area contributed by atoms with E-state index in [4.69, 9.17) is 9.47 Å². The number of hydrogen-bond acceptors (Lipinski definition) is 7. The van der Waals surface area contributed by atoms with Gasteiger partial charge in [0.1, 0.15) is 37.4 Å². The fourth-order valence-corrected chi connectivity index (χ4v) is 2.29. The highest BCUT2D eigenvalue weighted by Crippen LogP contribution is 2.23. The molecule has 27 heavy (non-hydrogen) atoms. The van der Waals surface area contributed by atoms with Gasteiger partial charge in [0.2, 0.25) is 0 Å². The van der Waals surface area contributed by atoms with Crippen LogP contribution in [0.2, 0.25) is 0 Å². The van der Waals surface area contributed by atoms with Crippen molar-refractivity contribution in [3.63, 3.8) is 0 Å². The molecule has 0 fully saturated rings. The number of aryl methyl sites for hydroxylation is 1. The second kappa shape index (κ2) is 8.56. The normalized spacial score (nSPS) is 10.9. The maximum atomic E-state index is 11.0. The van der Waals surface area contributed by atoms with Crippen LogP contribution in [0.5, 0.6) is 11.5 Å². The number of hydrogen-bond donors (Lipinski definition) is 0. The molecule has 1 heterocycles. The number of non-ortho nitro benzene ring substituents is 1. The molecule has 3 rings (SSSR count). The Morgan fingerprint density at radius 2 is 1.81 bits per heavy atom. The summed E-state index contributed by atoms with van der Waals surface area (Å²) in [5, 5.41) is 22.4. The van der Waals surface area contributed by atoms with Crippen molar-refractivity contribution in [1.82, 2.24) is 14.9 Å². The Labute approximate surface area is 155 Å². The predicted octanol–water partition coefficient (Wildman–Crippen LogP) is 2.83. The number of aromatic nitrogens is 3. The lowest BCUT2D eigenvalue weighted by molar-refractivity contribution is -0.384. The zero-order valence-corrected chi connectivity index (χ0v) is 14.6. The molecule has 9 nitrogen and oxygen atoms in total. The third kappa shape index (κ3) is 4.88. The molecule has 0 aliphatic rings. The van der Waals surface area contributed by atoms with Crippen LogP contribution in [0.15, 0.2) is 60.2 Å². The van der Waals surface area contributed by atoms with Crippen molar-refractivity contribution in [2.75, 3.05) is 13.2 Å². The van der Waals surface area contributed by atoms with E-state index in [0.717, 1.165) is 11.3 Å². The first-order chi connectivity index (χ1) is 13.1. The zero-order chi connectivity index (χ0) is 19.1. The Balaban J connectivity index is 1.68. The third-order valence-electron chi connectivity index (χ3n) is 3.63. The molecule has 138 valence electrons. The van der Waals surface area contributed by atoms with E-state index in [1.807, 2.05) is 31.2 Å². The van der Waals surface area contributed by atoms with Crippen molar-refractivity contribution in [3.05, 3.63) is 76.4 Å². The standard InChI is InChI=1S/C18H17N5O4/c1-14-4-2-3-5-17(14)26-8-9-27-18-7-6-16(23(24)25)10-15(18)11-21-22-12-19-20-13-22/h2-7,10-13H,8-9H2,1H3.